The summed E-state index contributed by atoms with van der Waals surface area (Å²) < 4.78 is 10.9. The molecule has 2 heterocycles. The second-order valence-corrected chi connectivity index (χ2v) is 7.32. The van der Waals surface area contributed by atoms with Crippen LogP contribution in [0, 0.1) is 0 Å². The Kier molecular flexibility index (Phi) is 5.90. The molecule has 0 saturated carbocycles. The minimum Gasteiger partial charge on any atom is -0.496 e. The zero-order valence-electron chi connectivity index (χ0n) is 15.8. The van der Waals surface area contributed by atoms with Crippen LogP contribution < -0.4 is 4.74 Å². The number of hydrogen-bond acceptors (Lipinski definition) is 6. The van der Waals surface area contributed by atoms with Crippen LogP contribution in [0.1, 0.15) is 11.5 Å². The summed E-state index contributed by atoms with van der Waals surface area (Å²) in [6.07, 6.45) is 0. The Morgan fingerprint density at radius 2 is 1.64 bits per heavy atom. The summed E-state index contributed by atoms with van der Waals surface area (Å²) in [4.78, 5) is 9.31. The van der Waals surface area contributed by atoms with Crippen molar-refractivity contribution in [3.63, 3.8) is 0 Å². The smallest absolute Gasteiger partial charge is 0.241 e. The Bertz CT molecular complexity index is 905. The van der Waals surface area contributed by atoms with Gasteiger partial charge in [-0.2, -0.15) is 4.98 Å². The fourth-order valence-corrected chi connectivity index (χ4v) is 3.53. The first-order chi connectivity index (χ1) is 13.7. The van der Waals surface area contributed by atoms with Crippen molar-refractivity contribution in [2.45, 2.75) is 13.1 Å². The highest BCUT2D eigenvalue weighted by Gasteiger charge is 2.20. The molecule has 0 aliphatic carbocycles. The number of aromatic nitrogens is 2. The molecule has 1 fully saturated rings. The van der Waals surface area contributed by atoms with E-state index in [1.54, 1.807) is 7.11 Å². The summed E-state index contributed by atoms with van der Waals surface area (Å²) in [7, 11) is 1.72. The van der Waals surface area contributed by atoms with Gasteiger partial charge in [0.25, 0.3) is 0 Å². The third-order valence-corrected chi connectivity index (χ3v) is 5.23. The average Bonchev–Trinajstić information content (AvgIpc) is 3.19. The van der Waals surface area contributed by atoms with Gasteiger partial charge in [0, 0.05) is 48.9 Å². The van der Waals surface area contributed by atoms with E-state index in [9.17, 15) is 0 Å². The zero-order valence-corrected chi connectivity index (χ0v) is 16.6. The largest absolute Gasteiger partial charge is 0.496 e. The van der Waals surface area contributed by atoms with Crippen molar-refractivity contribution >= 4 is 11.6 Å². The normalized spacial score (nSPS) is 15.6. The number of nitrogens with zero attached hydrogens (tertiary/aromatic N) is 4. The molecule has 1 aliphatic heterocycles. The summed E-state index contributed by atoms with van der Waals surface area (Å²) in [5.74, 6) is 2.19. The fraction of sp³-hybridized carbons (Fsp3) is 0.333. The number of rotatable bonds is 6. The lowest BCUT2D eigenvalue weighted by atomic mass is 10.1. The highest BCUT2D eigenvalue weighted by molar-refractivity contribution is 6.30. The van der Waals surface area contributed by atoms with Gasteiger partial charge in [-0.25, -0.2) is 0 Å². The van der Waals surface area contributed by atoms with E-state index in [0.29, 0.717) is 23.3 Å². The molecule has 146 valence electrons. The Hall–Kier alpha value is -2.41. The maximum Gasteiger partial charge on any atom is 0.241 e. The molecule has 0 radical (unpaired) electrons. The topological polar surface area (TPSA) is 54.6 Å². The maximum absolute atomic E-state index is 5.93. The maximum atomic E-state index is 5.93. The number of para-hydroxylation sites is 1. The molecule has 0 N–H and O–H groups in total. The van der Waals surface area contributed by atoms with Crippen molar-refractivity contribution in [2.75, 3.05) is 33.3 Å². The van der Waals surface area contributed by atoms with Gasteiger partial charge in [0.05, 0.1) is 13.7 Å². The monoisotopic (exact) mass is 398 g/mol. The van der Waals surface area contributed by atoms with Crippen LogP contribution in [0.5, 0.6) is 5.75 Å². The predicted octanol–water partition coefficient (Wildman–Crippen LogP) is 3.72. The number of hydrogen-bond donors (Lipinski definition) is 0. The van der Waals surface area contributed by atoms with Gasteiger partial charge in [-0.3, -0.25) is 9.80 Å². The van der Waals surface area contributed by atoms with Crippen molar-refractivity contribution < 1.29 is 9.26 Å². The van der Waals surface area contributed by atoms with E-state index < -0.39 is 0 Å². The van der Waals surface area contributed by atoms with Crippen molar-refractivity contribution in [1.29, 1.82) is 0 Å². The van der Waals surface area contributed by atoms with E-state index in [0.717, 1.165) is 44.0 Å². The lowest BCUT2D eigenvalue weighted by molar-refractivity contribution is 0.111. The second-order valence-electron chi connectivity index (χ2n) is 6.88. The molecular formula is C21H23ClN4O2. The second kappa shape index (κ2) is 8.73. The minimum atomic E-state index is 0.599. The molecule has 6 nitrogen and oxygen atoms in total. The molecule has 7 heteroatoms. The van der Waals surface area contributed by atoms with E-state index in [2.05, 4.69) is 32.1 Å². The molecule has 28 heavy (non-hydrogen) atoms. The van der Waals surface area contributed by atoms with Gasteiger partial charge >= 0.3 is 0 Å². The molecular weight excluding hydrogens is 376 g/mol. The van der Waals surface area contributed by atoms with Crippen LogP contribution in [-0.2, 0) is 13.1 Å². The van der Waals surface area contributed by atoms with Gasteiger partial charge in [-0.1, -0.05) is 35.0 Å². The molecule has 3 aromatic rings. The molecule has 0 amide bonds. The van der Waals surface area contributed by atoms with Crippen molar-refractivity contribution in [2.24, 2.45) is 0 Å². The molecule has 1 aliphatic rings. The Balaban J connectivity index is 1.30. The molecule has 2 aromatic carbocycles. The average molecular weight is 399 g/mol. The predicted molar refractivity (Wildman–Crippen MR) is 108 cm³/mol. The third kappa shape index (κ3) is 4.52. The number of halogens is 1. The molecule has 0 unspecified atom stereocenters. The third-order valence-electron chi connectivity index (χ3n) is 4.98. The Morgan fingerprint density at radius 3 is 2.36 bits per heavy atom. The van der Waals surface area contributed by atoms with E-state index in [1.807, 2.05) is 36.4 Å². The van der Waals surface area contributed by atoms with Gasteiger partial charge in [0.2, 0.25) is 11.7 Å². The van der Waals surface area contributed by atoms with Crippen LogP contribution >= 0.6 is 11.6 Å². The van der Waals surface area contributed by atoms with Crippen molar-refractivity contribution in [3.05, 3.63) is 65.0 Å². The van der Waals surface area contributed by atoms with Crippen LogP contribution in [0.25, 0.3) is 11.4 Å². The summed E-state index contributed by atoms with van der Waals surface area (Å²) in [6, 6.07) is 15.6. The van der Waals surface area contributed by atoms with Gasteiger partial charge in [0.1, 0.15) is 5.75 Å². The minimum absolute atomic E-state index is 0.599. The van der Waals surface area contributed by atoms with Gasteiger partial charge in [0.15, 0.2) is 0 Å². The van der Waals surface area contributed by atoms with Crippen molar-refractivity contribution in [3.8, 4) is 17.1 Å². The molecule has 0 bridgehead atoms. The van der Waals surface area contributed by atoms with Crippen LogP contribution in [0.4, 0.5) is 0 Å². The van der Waals surface area contributed by atoms with Crippen LogP contribution in [0.2, 0.25) is 5.02 Å². The molecule has 4 rings (SSSR count). The first kappa shape index (κ1) is 18.9. The Morgan fingerprint density at radius 1 is 0.964 bits per heavy atom. The zero-order chi connectivity index (χ0) is 19.3. The summed E-state index contributed by atoms with van der Waals surface area (Å²) in [6.45, 7) is 5.50. The Labute approximate surface area is 169 Å². The van der Waals surface area contributed by atoms with E-state index in [-0.39, 0.29) is 0 Å². The van der Waals surface area contributed by atoms with Gasteiger partial charge in [-0.05, 0) is 30.3 Å². The first-order valence-corrected chi connectivity index (χ1v) is 9.74. The molecule has 0 atom stereocenters. The lowest BCUT2D eigenvalue weighted by Gasteiger charge is -2.34. The fourth-order valence-electron chi connectivity index (χ4n) is 3.41. The number of ether oxygens (including phenoxy) is 1. The SMILES string of the molecule is COc1ccccc1CN1CCN(Cc2nc(-c3ccc(Cl)cc3)no2)CC1. The lowest BCUT2D eigenvalue weighted by Crippen LogP contribution is -2.45. The molecule has 1 aromatic heterocycles. The molecule has 0 spiro atoms. The van der Waals surface area contributed by atoms with E-state index in [4.69, 9.17) is 20.9 Å². The summed E-state index contributed by atoms with van der Waals surface area (Å²) in [5, 5.41) is 4.78. The summed E-state index contributed by atoms with van der Waals surface area (Å²) in [5.41, 5.74) is 2.13. The van der Waals surface area contributed by atoms with Gasteiger partial charge < -0.3 is 9.26 Å². The molecule has 1 saturated heterocycles. The quantitative estimate of drug-likeness (QED) is 0.630. The van der Waals surface area contributed by atoms with E-state index >= 15 is 0 Å². The number of piperazine rings is 1. The number of methoxy groups -OCH3 is 1. The number of benzene rings is 2. The highest BCUT2D eigenvalue weighted by Crippen LogP contribution is 2.21. The highest BCUT2D eigenvalue weighted by atomic mass is 35.5. The summed E-state index contributed by atoms with van der Waals surface area (Å²) >= 11 is 5.93. The first-order valence-electron chi connectivity index (χ1n) is 9.36. The van der Waals surface area contributed by atoms with Crippen LogP contribution in [-0.4, -0.2) is 53.2 Å². The van der Waals surface area contributed by atoms with Crippen molar-refractivity contribution in [1.82, 2.24) is 19.9 Å². The van der Waals surface area contributed by atoms with E-state index in [1.165, 1.54) is 5.56 Å². The van der Waals surface area contributed by atoms with Crippen LogP contribution in [0.15, 0.2) is 53.1 Å². The standard InChI is InChI=1S/C21H23ClN4O2/c1-27-19-5-3-2-4-17(19)14-25-10-12-26(13-11-25)15-20-23-21(24-28-20)16-6-8-18(22)9-7-16/h2-9H,10-15H2,1H3. The van der Waals surface area contributed by atoms with Crippen LogP contribution in [0.3, 0.4) is 0 Å². The van der Waals surface area contributed by atoms with Gasteiger partial charge in [-0.15, -0.1) is 0 Å².